The highest BCUT2D eigenvalue weighted by Gasteiger charge is 2.57. The highest BCUT2D eigenvalue weighted by molar-refractivity contribution is 8.00. The number of amides is 2. The van der Waals surface area contributed by atoms with Crippen LogP contribution in [-0.4, -0.2) is 92.4 Å². The number of carboxylic acids is 1. The first-order valence-corrected chi connectivity index (χ1v) is 13.5. The number of fused-ring (bicyclic) bond motifs is 2. The first-order valence-electron chi connectivity index (χ1n) is 11.6. The number of thiazole rings is 1. The second-order valence-corrected chi connectivity index (χ2v) is 11.3. The van der Waals surface area contributed by atoms with E-state index in [1.807, 2.05) is 0 Å². The number of carbonyl (C=O) groups excluding carboxylic acids is 2. The van der Waals surface area contributed by atoms with Crippen LogP contribution in [0.15, 0.2) is 21.8 Å². The molecule has 0 bridgehead atoms. The van der Waals surface area contributed by atoms with Crippen LogP contribution in [0, 0.1) is 11.3 Å². The standard InChI is InChI=1S/C22H25N7O5S2/c1-34-27-15(14-10-36-22(24)25-14)18(30)26-16-19(31)28-17(21(32)33)11(9-35-20(16)28)8-29-6-2-3-12(29)4-5-13(29)7-23/h10,12-13,16,20H,2-6,8-9H2,1H3,(H3-,24,25,26,30,32,33)/p+1/b27-15-/t12?,13?,16-,20-,29?/m1/s1. The van der Waals surface area contributed by atoms with Crippen molar-refractivity contribution in [1.29, 1.82) is 5.26 Å². The van der Waals surface area contributed by atoms with Gasteiger partial charge in [-0.15, -0.1) is 23.1 Å². The molecule has 0 radical (unpaired) electrons. The zero-order chi connectivity index (χ0) is 25.6. The first kappa shape index (κ1) is 24.5. The summed E-state index contributed by atoms with van der Waals surface area (Å²) in [5.74, 6) is -1.93. The number of aromatic nitrogens is 1. The number of rotatable bonds is 7. The van der Waals surface area contributed by atoms with Gasteiger partial charge in [-0.1, -0.05) is 5.16 Å². The van der Waals surface area contributed by atoms with E-state index in [9.17, 15) is 24.8 Å². The van der Waals surface area contributed by atoms with Crippen molar-refractivity contribution in [3.05, 3.63) is 22.3 Å². The average Bonchev–Trinajstić information content (AvgIpc) is 3.55. The first-order chi connectivity index (χ1) is 17.3. The van der Waals surface area contributed by atoms with Crippen LogP contribution in [0.3, 0.4) is 0 Å². The molecule has 3 saturated heterocycles. The Kier molecular flexibility index (Phi) is 6.39. The maximum atomic E-state index is 13.1. The molecule has 0 saturated carbocycles. The summed E-state index contributed by atoms with van der Waals surface area (Å²) in [6.45, 7) is 1.31. The van der Waals surface area contributed by atoms with Gasteiger partial charge in [-0.3, -0.25) is 14.5 Å². The van der Waals surface area contributed by atoms with Gasteiger partial charge in [0.05, 0.1) is 12.6 Å². The highest BCUT2D eigenvalue weighted by atomic mass is 32.2. The lowest BCUT2D eigenvalue weighted by Crippen LogP contribution is -2.71. The van der Waals surface area contributed by atoms with E-state index in [4.69, 9.17) is 10.6 Å². The molecule has 1 aromatic heterocycles. The molecule has 190 valence electrons. The summed E-state index contributed by atoms with van der Waals surface area (Å²) in [6.07, 6.45) is 3.84. The Bertz CT molecular complexity index is 1220. The summed E-state index contributed by atoms with van der Waals surface area (Å²) >= 11 is 2.55. The van der Waals surface area contributed by atoms with Gasteiger partial charge < -0.3 is 25.5 Å². The fraction of sp³-hybridized carbons (Fsp3) is 0.545. The SMILES string of the molecule is CO/N=C(\C(=O)N[C@@H]1C(=O)N2C(C(=O)O)=C(C[N+]34CCCC3CCC4C#N)CS[C@H]12)c1csc(N)n1. The van der Waals surface area contributed by atoms with E-state index in [0.29, 0.717) is 28.4 Å². The molecule has 2 amide bonds. The van der Waals surface area contributed by atoms with Crippen LogP contribution >= 0.6 is 23.1 Å². The zero-order valence-electron chi connectivity index (χ0n) is 19.5. The Morgan fingerprint density at radius 3 is 2.92 bits per heavy atom. The van der Waals surface area contributed by atoms with E-state index in [1.54, 1.807) is 5.38 Å². The second kappa shape index (κ2) is 9.38. The third-order valence-corrected chi connectivity index (χ3v) is 9.58. The number of nitrogens with zero attached hydrogens (tertiary/aromatic N) is 5. The van der Waals surface area contributed by atoms with Gasteiger partial charge in [-0.05, 0) is 0 Å². The third kappa shape index (κ3) is 3.82. The maximum Gasteiger partial charge on any atom is 0.352 e. The number of thioether (sulfide) groups is 1. The monoisotopic (exact) mass is 532 g/mol. The molecule has 0 aromatic carbocycles. The minimum absolute atomic E-state index is 0.0194. The fourth-order valence-corrected chi connectivity index (χ4v) is 7.92. The van der Waals surface area contributed by atoms with Gasteiger partial charge in [-0.2, -0.15) is 5.26 Å². The Morgan fingerprint density at radius 2 is 2.25 bits per heavy atom. The molecule has 5 heterocycles. The Hall–Kier alpha value is -3.15. The molecule has 5 rings (SSSR count). The number of aliphatic carboxylic acids is 1. The number of nitrogens with two attached hydrogens (primary N) is 1. The zero-order valence-corrected chi connectivity index (χ0v) is 21.2. The van der Waals surface area contributed by atoms with E-state index in [2.05, 4.69) is 21.5 Å². The van der Waals surface area contributed by atoms with E-state index < -0.39 is 29.2 Å². The molecule has 14 heteroatoms. The molecule has 0 aliphatic carbocycles. The Balaban J connectivity index is 1.37. The molecule has 0 spiro atoms. The number of hydrogen-bond acceptors (Lipinski definition) is 10. The van der Waals surface area contributed by atoms with Gasteiger partial charge in [-0.25, -0.2) is 9.78 Å². The number of nitrogens with one attached hydrogen (secondary N) is 1. The summed E-state index contributed by atoms with van der Waals surface area (Å²) in [5.41, 5.74) is 6.41. The summed E-state index contributed by atoms with van der Waals surface area (Å²) in [6, 6.07) is 1.74. The lowest BCUT2D eigenvalue weighted by Gasteiger charge is -2.50. The van der Waals surface area contributed by atoms with Gasteiger partial charge in [0.2, 0.25) is 0 Å². The van der Waals surface area contributed by atoms with E-state index in [-0.39, 0.29) is 28.3 Å². The highest BCUT2D eigenvalue weighted by Crippen LogP contribution is 2.45. The minimum atomic E-state index is -1.17. The number of hydrogen-bond donors (Lipinski definition) is 3. The van der Waals surface area contributed by atoms with Gasteiger partial charge in [0.25, 0.3) is 11.8 Å². The van der Waals surface area contributed by atoms with E-state index in [0.717, 1.165) is 43.6 Å². The van der Waals surface area contributed by atoms with Crippen molar-refractivity contribution in [2.24, 2.45) is 5.16 Å². The van der Waals surface area contributed by atoms with Crippen LogP contribution in [-0.2, 0) is 19.2 Å². The maximum absolute atomic E-state index is 13.1. The number of anilines is 1. The topological polar surface area (TPSA) is 171 Å². The van der Waals surface area contributed by atoms with Crippen LogP contribution in [0.25, 0.3) is 0 Å². The third-order valence-electron chi connectivity index (χ3n) is 7.57. The van der Waals surface area contributed by atoms with Crippen molar-refractivity contribution in [1.82, 2.24) is 15.2 Å². The smallest absolute Gasteiger partial charge is 0.352 e. The van der Waals surface area contributed by atoms with Crippen LogP contribution in [0.5, 0.6) is 0 Å². The largest absolute Gasteiger partial charge is 0.477 e. The number of quaternary nitrogens is 1. The molecule has 5 atom stereocenters. The Morgan fingerprint density at radius 1 is 1.44 bits per heavy atom. The van der Waals surface area contributed by atoms with Gasteiger partial charge in [0.15, 0.2) is 16.9 Å². The van der Waals surface area contributed by atoms with Crippen molar-refractivity contribution < 1.29 is 28.8 Å². The molecule has 3 unspecified atom stereocenters. The lowest BCUT2D eigenvalue weighted by atomic mass is 10.0. The van der Waals surface area contributed by atoms with Gasteiger partial charge >= 0.3 is 5.97 Å². The molecule has 4 aliphatic rings. The summed E-state index contributed by atoms with van der Waals surface area (Å²) in [7, 11) is 1.29. The molecule has 4 aliphatic heterocycles. The second-order valence-electron chi connectivity index (χ2n) is 9.31. The number of carbonyl (C=O) groups is 3. The number of nitrogen functional groups attached to an aromatic ring is 1. The quantitative estimate of drug-likeness (QED) is 0.195. The molecule has 3 fully saturated rings. The molecule has 4 N–H and O–H groups in total. The van der Waals surface area contributed by atoms with Crippen molar-refractivity contribution in [3.63, 3.8) is 0 Å². The summed E-state index contributed by atoms with van der Waals surface area (Å²) in [4.78, 5) is 48.5. The van der Waals surface area contributed by atoms with Crippen molar-refractivity contribution >= 4 is 51.7 Å². The normalized spacial score (nSPS) is 31.4. The van der Waals surface area contributed by atoms with Gasteiger partial charge in [0.1, 0.15) is 42.5 Å². The van der Waals surface area contributed by atoms with Crippen LogP contribution < -0.4 is 11.1 Å². The molecular weight excluding hydrogens is 506 g/mol. The minimum Gasteiger partial charge on any atom is -0.477 e. The molecule has 12 nitrogen and oxygen atoms in total. The predicted octanol–water partition coefficient (Wildman–Crippen LogP) is 0.480. The van der Waals surface area contributed by atoms with Crippen molar-refractivity contribution in [2.45, 2.75) is 49.2 Å². The summed E-state index contributed by atoms with van der Waals surface area (Å²) < 4.78 is 0.601. The predicted molar refractivity (Wildman–Crippen MR) is 131 cm³/mol. The Labute approximate surface area is 215 Å². The molecule has 1 aromatic rings. The number of nitriles is 1. The lowest BCUT2D eigenvalue weighted by molar-refractivity contribution is -0.938. The van der Waals surface area contributed by atoms with Crippen LogP contribution in [0.2, 0.25) is 0 Å². The summed E-state index contributed by atoms with van der Waals surface area (Å²) in [5, 5.41) is 27.5. The number of β-lactam (4-membered cyclic amide) rings is 1. The molecular formula is C22H26N7O5S2+. The molecule has 36 heavy (non-hydrogen) atoms. The van der Waals surface area contributed by atoms with Crippen LogP contribution in [0.1, 0.15) is 31.4 Å². The van der Waals surface area contributed by atoms with Crippen molar-refractivity contribution in [2.75, 3.05) is 31.7 Å². The van der Waals surface area contributed by atoms with E-state index >= 15 is 0 Å². The van der Waals surface area contributed by atoms with Crippen LogP contribution in [0.4, 0.5) is 5.13 Å². The van der Waals surface area contributed by atoms with Crippen molar-refractivity contribution in [3.8, 4) is 6.07 Å². The fourth-order valence-electron chi connectivity index (χ4n) is 6.04. The number of carboxylic acid groups (broad SMARTS) is 1. The van der Waals surface area contributed by atoms with E-state index in [1.165, 1.54) is 23.8 Å². The van der Waals surface area contributed by atoms with Gasteiger partial charge in [0, 0.05) is 42.4 Å². The average molecular weight is 533 g/mol. The number of oxime groups is 1.